The van der Waals surface area contributed by atoms with Crippen LogP contribution in [0.1, 0.15) is 5.56 Å². The monoisotopic (exact) mass is 431 g/mol. The van der Waals surface area contributed by atoms with Crippen LogP contribution in [0, 0.1) is 29.1 Å². The molecule has 0 unspecified atom stereocenters. The Morgan fingerprint density at radius 2 is 1.69 bits per heavy atom. The Bertz CT molecular complexity index is 1130. The van der Waals surface area contributed by atoms with Crippen LogP contribution in [-0.2, 0) is 6.54 Å². The molecule has 0 atom stereocenters. The lowest BCUT2D eigenvalue weighted by atomic mass is 10.2. The van der Waals surface area contributed by atoms with E-state index in [9.17, 15) is 26.7 Å². The summed E-state index contributed by atoms with van der Waals surface area (Å²) >= 11 is 6.03. The molecule has 29 heavy (non-hydrogen) atoms. The van der Waals surface area contributed by atoms with Gasteiger partial charge in [0.2, 0.25) is 11.8 Å². The molecule has 0 aliphatic rings. The maximum absolute atomic E-state index is 14.0. The summed E-state index contributed by atoms with van der Waals surface area (Å²) in [5.74, 6) is -7.00. The van der Waals surface area contributed by atoms with Crippen molar-refractivity contribution in [3.63, 3.8) is 0 Å². The fraction of sp³-hybridized carbons (Fsp3) is 0.111. The number of aromatic nitrogens is 2. The van der Waals surface area contributed by atoms with Crippen LogP contribution in [0.5, 0.6) is 5.75 Å². The van der Waals surface area contributed by atoms with Gasteiger partial charge in [-0.3, -0.25) is 4.79 Å². The van der Waals surface area contributed by atoms with E-state index in [1.54, 1.807) is 0 Å². The van der Waals surface area contributed by atoms with Crippen molar-refractivity contribution in [1.82, 2.24) is 9.55 Å². The number of rotatable bonds is 5. The molecule has 0 bridgehead atoms. The van der Waals surface area contributed by atoms with Gasteiger partial charge in [0.25, 0.3) is 0 Å². The van der Waals surface area contributed by atoms with E-state index in [1.165, 1.54) is 7.11 Å². The summed E-state index contributed by atoms with van der Waals surface area (Å²) in [4.78, 5) is 15.1. The molecule has 3 rings (SSSR count). The van der Waals surface area contributed by atoms with Gasteiger partial charge < -0.3 is 14.6 Å². The number of benzene rings is 2. The smallest absolute Gasteiger partial charge is 0.310 e. The lowest BCUT2D eigenvalue weighted by molar-refractivity contribution is 0.387. The van der Waals surface area contributed by atoms with Gasteiger partial charge in [-0.05, 0) is 17.7 Å². The average Bonchev–Trinajstić information content (AvgIpc) is 2.66. The van der Waals surface area contributed by atoms with Crippen molar-refractivity contribution in [3.8, 4) is 5.75 Å². The number of anilines is 2. The molecule has 0 saturated carbocycles. The number of methoxy groups -OCH3 is 1. The molecule has 5 nitrogen and oxygen atoms in total. The van der Waals surface area contributed by atoms with Crippen molar-refractivity contribution >= 4 is 23.2 Å². The summed E-state index contributed by atoms with van der Waals surface area (Å²) in [5, 5.41) is 2.55. The molecule has 1 N–H and O–H groups in total. The molecule has 2 aromatic carbocycles. The van der Waals surface area contributed by atoms with Crippen LogP contribution >= 0.6 is 11.6 Å². The SMILES string of the molecule is COc1cc(Cl)c(Nc2nc(=O)c(F)cn2Cc2cc(F)c(F)c(F)c2)cc1F. The second-order valence-corrected chi connectivity index (χ2v) is 6.22. The Labute approximate surface area is 165 Å². The minimum Gasteiger partial charge on any atom is -0.494 e. The fourth-order valence-corrected chi connectivity index (χ4v) is 2.69. The minimum atomic E-state index is -1.66. The van der Waals surface area contributed by atoms with E-state index >= 15 is 0 Å². The maximum atomic E-state index is 14.0. The van der Waals surface area contributed by atoms with E-state index in [-0.39, 0.29) is 28.0 Å². The summed E-state index contributed by atoms with van der Waals surface area (Å²) < 4.78 is 73.5. The molecule has 0 saturated heterocycles. The molecule has 0 fully saturated rings. The number of nitrogens with one attached hydrogen (secondary N) is 1. The molecule has 152 valence electrons. The first kappa shape index (κ1) is 20.6. The number of hydrogen-bond acceptors (Lipinski definition) is 4. The van der Waals surface area contributed by atoms with Crippen LogP contribution in [-0.4, -0.2) is 16.7 Å². The highest BCUT2D eigenvalue weighted by atomic mass is 35.5. The zero-order valence-corrected chi connectivity index (χ0v) is 15.3. The van der Waals surface area contributed by atoms with Crippen molar-refractivity contribution in [3.05, 3.63) is 80.5 Å². The molecule has 0 radical (unpaired) electrons. The molecular formula is C18H11ClF5N3O2. The third-order valence-electron chi connectivity index (χ3n) is 3.84. The fourth-order valence-electron chi connectivity index (χ4n) is 2.48. The number of halogens is 6. The average molecular weight is 432 g/mol. The van der Waals surface area contributed by atoms with Crippen LogP contribution in [0.3, 0.4) is 0 Å². The van der Waals surface area contributed by atoms with E-state index in [2.05, 4.69) is 10.3 Å². The highest BCUT2D eigenvalue weighted by molar-refractivity contribution is 6.33. The summed E-state index contributed by atoms with van der Waals surface area (Å²) in [6.07, 6.45) is 0.727. The molecule has 0 spiro atoms. The zero-order valence-electron chi connectivity index (χ0n) is 14.6. The highest BCUT2D eigenvalue weighted by Gasteiger charge is 2.16. The number of hydrogen-bond donors (Lipinski definition) is 1. The lowest BCUT2D eigenvalue weighted by Crippen LogP contribution is -2.20. The van der Waals surface area contributed by atoms with E-state index in [4.69, 9.17) is 16.3 Å². The van der Waals surface area contributed by atoms with Crippen LogP contribution < -0.4 is 15.6 Å². The summed E-state index contributed by atoms with van der Waals surface area (Å²) in [7, 11) is 1.24. The second kappa shape index (κ2) is 8.08. The largest absolute Gasteiger partial charge is 0.494 e. The molecule has 1 aromatic heterocycles. The molecule has 0 aliphatic heterocycles. The van der Waals surface area contributed by atoms with Gasteiger partial charge in [0.05, 0.1) is 24.4 Å². The van der Waals surface area contributed by atoms with E-state index < -0.39 is 41.2 Å². The van der Waals surface area contributed by atoms with Crippen LogP contribution in [0.25, 0.3) is 0 Å². The van der Waals surface area contributed by atoms with Gasteiger partial charge in [-0.15, -0.1) is 0 Å². The van der Waals surface area contributed by atoms with Crippen LogP contribution in [0.15, 0.2) is 35.3 Å². The zero-order chi connectivity index (χ0) is 21.3. The molecule has 0 aliphatic carbocycles. The Balaban J connectivity index is 2.03. The van der Waals surface area contributed by atoms with Gasteiger partial charge in [0, 0.05) is 18.3 Å². The van der Waals surface area contributed by atoms with Crippen molar-refractivity contribution in [2.24, 2.45) is 0 Å². The van der Waals surface area contributed by atoms with Gasteiger partial charge in [0.15, 0.2) is 29.0 Å². The quantitative estimate of drug-likeness (QED) is 0.481. The first-order valence-electron chi connectivity index (χ1n) is 7.90. The summed E-state index contributed by atoms with van der Waals surface area (Å²) in [6.45, 7) is -0.392. The van der Waals surface area contributed by atoms with Crippen molar-refractivity contribution in [1.29, 1.82) is 0 Å². The topological polar surface area (TPSA) is 56.1 Å². The number of ether oxygens (including phenoxy) is 1. The van der Waals surface area contributed by atoms with Gasteiger partial charge in [0.1, 0.15) is 0 Å². The molecule has 11 heteroatoms. The van der Waals surface area contributed by atoms with E-state index in [1.807, 2.05) is 0 Å². The summed E-state index contributed by atoms with van der Waals surface area (Å²) in [5.41, 5.74) is -1.35. The predicted octanol–water partition coefficient (Wildman–Crippen LogP) is 4.39. The molecule has 1 heterocycles. The molecule has 0 amide bonds. The van der Waals surface area contributed by atoms with Crippen LogP contribution in [0.4, 0.5) is 33.6 Å². The van der Waals surface area contributed by atoms with E-state index in [0.717, 1.165) is 22.9 Å². The first-order valence-corrected chi connectivity index (χ1v) is 8.28. The Kier molecular flexibility index (Phi) is 5.73. The standard InChI is InChI=1S/C18H11ClF5N3O2/c1-29-15-4-9(19)14(5-10(15)20)25-18-26-17(28)13(23)7-27(18)6-8-2-11(21)16(24)12(22)3-8/h2-5,7H,6H2,1H3,(H,25,26,28). The first-order chi connectivity index (χ1) is 13.7. The Hall–Kier alpha value is -3.14. The Morgan fingerprint density at radius 1 is 1.03 bits per heavy atom. The third kappa shape index (κ3) is 4.32. The minimum absolute atomic E-state index is 0.00718. The van der Waals surface area contributed by atoms with Gasteiger partial charge in [-0.1, -0.05) is 11.6 Å². The normalized spacial score (nSPS) is 10.9. The maximum Gasteiger partial charge on any atom is 0.310 e. The molecule has 3 aromatic rings. The molecular weight excluding hydrogens is 421 g/mol. The van der Waals surface area contributed by atoms with E-state index in [0.29, 0.717) is 12.1 Å². The van der Waals surface area contributed by atoms with Crippen LogP contribution in [0.2, 0.25) is 5.02 Å². The predicted molar refractivity (Wildman–Crippen MR) is 95.1 cm³/mol. The Morgan fingerprint density at radius 3 is 2.31 bits per heavy atom. The van der Waals surface area contributed by atoms with Crippen molar-refractivity contribution < 1.29 is 26.7 Å². The van der Waals surface area contributed by atoms with Gasteiger partial charge in [-0.25, -0.2) is 17.6 Å². The second-order valence-electron chi connectivity index (χ2n) is 5.81. The highest BCUT2D eigenvalue weighted by Crippen LogP contribution is 2.31. The lowest BCUT2D eigenvalue weighted by Gasteiger charge is -2.16. The number of nitrogens with zero attached hydrogens (tertiary/aromatic N) is 2. The van der Waals surface area contributed by atoms with Gasteiger partial charge >= 0.3 is 5.56 Å². The van der Waals surface area contributed by atoms with Gasteiger partial charge in [-0.2, -0.15) is 9.37 Å². The van der Waals surface area contributed by atoms with Crippen molar-refractivity contribution in [2.75, 3.05) is 12.4 Å². The summed E-state index contributed by atoms with van der Waals surface area (Å²) in [6, 6.07) is 3.53. The third-order valence-corrected chi connectivity index (χ3v) is 4.15. The van der Waals surface area contributed by atoms with Crippen molar-refractivity contribution in [2.45, 2.75) is 6.54 Å².